The number of hydrogen-bond acceptors (Lipinski definition) is 0. The molecule has 0 amide bonds. The first-order valence-corrected chi connectivity index (χ1v) is 22.5. The zero-order valence-corrected chi connectivity index (χ0v) is 32.6. The van der Waals surface area contributed by atoms with Crippen LogP contribution < -0.4 is 0 Å². The van der Waals surface area contributed by atoms with Gasteiger partial charge >= 0.3 is 0 Å². The summed E-state index contributed by atoms with van der Waals surface area (Å²) in [6.45, 7) is 0. The van der Waals surface area contributed by atoms with Crippen molar-refractivity contribution in [2.75, 3.05) is 0 Å². The number of benzene rings is 7. The molecule has 0 N–H and O–H groups in total. The number of nitrogens with zero attached hydrogens (tertiary/aromatic N) is 1. The van der Waals surface area contributed by atoms with Gasteiger partial charge in [0.25, 0.3) is 0 Å². The van der Waals surface area contributed by atoms with Crippen molar-refractivity contribution >= 4 is 59.6 Å². The maximum Gasteiger partial charge on any atom is 0.0620 e. The molecule has 1 nitrogen and oxygen atoms in total. The summed E-state index contributed by atoms with van der Waals surface area (Å²) in [6.07, 6.45) is 14.3. The Morgan fingerprint density at radius 1 is 0.316 bits per heavy atom. The molecular weight excluding hydrogens is 687 g/mol. The number of rotatable bonds is 2. The van der Waals surface area contributed by atoms with Crippen LogP contribution in [0.25, 0.3) is 81.9 Å². The van der Waals surface area contributed by atoms with Crippen LogP contribution in [0.2, 0.25) is 0 Å². The Kier molecular flexibility index (Phi) is 5.90. The monoisotopic (exact) mass is 733 g/mol. The van der Waals surface area contributed by atoms with Crippen LogP contribution >= 0.6 is 0 Å². The van der Waals surface area contributed by atoms with Crippen molar-refractivity contribution in [3.05, 3.63) is 138 Å². The molecule has 0 radical (unpaired) electrons. The van der Waals surface area contributed by atoms with Crippen molar-refractivity contribution < 1.29 is 0 Å². The standard InChI is InChI=1S/C56H47N/c1-2-4-34(5-3-1)35-6-8-36(9-7-35)37-26-52-50-24-38-20-46-42-12-30-10-31(13-42)17-44(16-30)48(46)22-40(38)28-54(50)57-55-29-41-23-49-45-18-32-11-33(19-45)15-43(14-32)47(49)21-39(41)25-51(55)53(27-37)56(52)57/h1-9,20-33,42-45H,10-19H2. The zero-order valence-electron chi connectivity index (χ0n) is 32.6. The second-order valence-corrected chi connectivity index (χ2v) is 20.2. The van der Waals surface area contributed by atoms with Gasteiger partial charge < -0.3 is 4.40 Å². The predicted molar refractivity (Wildman–Crippen MR) is 238 cm³/mol. The molecule has 4 unspecified atom stereocenters. The molecule has 0 spiro atoms. The molecule has 1 heteroatoms. The van der Waals surface area contributed by atoms with Crippen LogP contribution in [-0.2, 0) is 0 Å². The van der Waals surface area contributed by atoms with Crippen molar-refractivity contribution in [1.82, 2.24) is 4.40 Å². The number of hydrogen-bond donors (Lipinski definition) is 0. The van der Waals surface area contributed by atoms with Gasteiger partial charge in [0.15, 0.2) is 0 Å². The van der Waals surface area contributed by atoms with Crippen molar-refractivity contribution in [3.63, 3.8) is 0 Å². The van der Waals surface area contributed by atoms with Gasteiger partial charge in [-0.2, -0.15) is 0 Å². The molecule has 2 heterocycles. The fraction of sp³-hybridized carbons (Fsp3) is 0.321. The van der Waals surface area contributed by atoms with E-state index in [9.17, 15) is 0 Å². The van der Waals surface area contributed by atoms with E-state index in [4.69, 9.17) is 0 Å². The van der Waals surface area contributed by atoms with Gasteiger partial charge in [0.1, 0.15) is 0 Å². The third-order valence-electron chi connectivity index (χ3n) is 17.1. The maximum absolute atomic E-state index is 2.68. The first-order valence-electron chi connectivity index (χ1n) is 22.5. The minimum Gasteiger partial charge on any atom is -0.308 e. The van der Waals surface area contributed by atoms with E-state index in [-0.39, 0.29) is 0 Å². The van der Waals surface area contributed by atoms with Gasteiger partial charge in [-0.1, -0.05) is 78.9 Å². The van der Waals surface area contributed by atoms with Crippen molar-refractivity contribution in [2.24, 2.45) is 23.7 Å². The molecule has 8 bridgehead atoms. The molecule has 8 aliphatic rings. The van der Waals surface area contributed by atoms with Crippen LogP contribution in [0.3, 0.4) is 0 Å². The van der Waals surface area contributed by atoms with E-state index < -0.39 is 0 Å². The minimum absolute atomic E-state index is 0.757. The molecule has 57 heavy (non-hydrogen) atoms. The highest BCUT2D eigenvalue weighted by atomic mass is 14.9. The second kappa shape index (κ2) is 10.9. The highest BCUT2D eigenvalue weighted by Gasteiger charge is 2.43. The van der Waals surface area contributed by atoms with Gasteiger partial charge in [-0.3, -0.25) is 0 Å². The van der Waals surface area contributed by atoms with E-state index in [1.54, 1.807) is 22.3 Å². The molecular formula is C56H47N. The van der Waals surface area contributed by atoms with Crippen LogP contribution in [0, 0.1) is 23.7 Å². The lowest BCUT2D eigenvalue weighted by molar-refractivity contribution is 0.165. The van der Waals surface area contributed by atoms with Crippen LogP contribution in [0.15, 0.2) is 115 Å². The normalized spacial score (nSPS) is 28.4. The van der Waals surface area contributed by atoms with Crippen LogP contribution in [-0.4, -0.2) is 4.40 Å². The van der Waals surface area contributed by atoms with Gasteiger partial charge in [0, 0.05) is 21.5 Å². The molecule has 0 aliphatic heterocycles. The Balaban J connectivity index is 0.997. The first-order chi connectivity index (χ1) is 28.1. The Bertz CT molecular complexity index is 2980. The lowest BCUT2D eigenvalue weighted by Crippen LogP contribution is -2.25. The Labute approximate surface area is 334 Å². The molecule has 4 atom stereocenters. The Hall–Kier alpha value is -5.14. The first kappa shape index (κ1) is 30.9. The van der Waals surface area contributed by atoms with Gasteiger partial charge in [0.2, 0.25) is 0 Å². The maximum atomic E-state index is 2.68. The quantitative estimate of drug-likeness (QED) is 0.167. The van der Waals surface area contributed by atoms with E-state index in [0.717, 1.165) is 47.3 Å². The number of fused-ring (bicyclic) bond motifs is 8. The molecule has 2 aromatic heterocycles. The van der Waals surface area contributed by atoms with Crippen molar-refractivity contribution in [1.29, 1.82) is 0 Å². The molecule has 7 aromatic carbocycles. The molecule has 4 fully saturated rings. The smallest absolute Gasteiger partial charge is 0.0620 e. The summed E-state index contributed by atoms with van der Waals surface area (Å²) in [5, 5.41) is 11.3. The summed E-state index contributed by atoms with van der Waals surface area (Å²) in [5.41, 5.74) is 16.1. The Morgan fingerprint density at radius 3 is 1.11 bits per heavy atom. The summed E-state index contributed by atoms with van der Waals surface area (Å²) in [5.74, 6) is 6.79. The summed E-state index contributed by atoms with van der Waals surface area (Å²) in [6, 6.07) is 46.1. The minimum atomic E-state index is 0.757. The van der Waals surface area contributed by atoms with Gasteiger partial charge in [-0.25, -0.2) is 0 Å². The van der Waals surface area contributed by atoms with E-state index >= 15 is 0 Å². The fourth-order valence-electron chi connectivity index (χ4n) is 15.0. The highest BCUT2D eigenvalue weighted by Crippen LogP contribution is 2.58. The van der Waals surface area contributed by atoms with Crippen LogP contribution in [0.5, 0.6) is 0 Å². The van der Waals surface area contributed by atoms with E-state index in [0.29, 0.717) is 0 Å². The van der Waals surface area contributed by atoms with Crippen LogP contribution in [0.1, 0.15) is 110 Å². The summed E-state index contributed by atoms with van der Waals surface area (Å²) < 4.78 is 2.68. The highest BCUT2D eigenvalue weighted by molar-refractivity contribution is 6.27. The van der Waals surface area contributed by atoms with Crippen LogP contribution in [0.4, 0.5) is 0 Å². The van der Waals surface area contributed by atoms with Gasteiger partial charge in [-0.15, -0.1) is 0 Å². The zero-order chi connectivity index (χ0) is 36.7. The van der Waals surface area contributed by atoms with E-state index in [1.807, 2.05) is 0 Å². The molecule has 8 aliphatic carbocycles. The molecule has 17 rings (SSSR count). The third-order valence-corrected chi connectivity index (χ3v) is 17.1. The Morgan fingerprint density at radius 2 is 0.684 bits per heavy atom. The summed E-state index contributed by atoms with van der Waals surface area (Å²) >= 11 is 0. The predicted octanol–water partition coefficient (Wildman–Crippen LogP) is 15.3. The largest absolute Gasteiger partial charge is 0.308 e. The average molecular weight is 734 g/mol. The third kappa shape index (κ3) is 4.26. The van der Waals surface area contributed by atoms with E-state index in [2.05, 4.69) is 120 Å². The molecule has 4 saturated carbocycles. The number of aromatic nitrogens is 1. The van der Waals surface area contributed by atoms with Crippen molar-refractivity contribution in [2.45, 2.75) is 87.9 Å². The second-order valence-electron chi connectivity index (χ2n) is 20.2. The molecule has 9 aromatic rings. The van der Waals surface area contributed by atoms with Gasteiger partial charge in [-0.05, 0) is 214 Å². The summed E-state index contributed by atoms with van der Waals surface area (Å²) in [4.78, 5) is 0. The lowest BCUT2D eigenvalue weighted by atomic mass is 9.67. The van der Waals surface area contributed by atoms with Crippen molar-refractivity contribution in [3.8, 4) is 22.3 Å². The molecule has 276 valence electrons. The lowest BCUT2D eigenvalue weighted by Gasteiger charge is -2.38. The average Bonchev–Trinajstić information content (AvgIpc) is 3.60. The SMILES string of the molecule is c1ccc(-c2ccc(-c3cc4c5cc6cc7c(cc6cc5n5c6cc8cc9c(cc8cc6c(c3)c45)C3CC4CC(C3)CC9C4)C3CC4CC(CC7C4)C3)cc2)cc1. The van der Waals surface area contributed by atoms with E-state index in [1.165, 1.54) is 146 Å². The summed E-state index contributed by atoms with van der Waals surface area (Å²) in [7, 11) is 0. The topological polar surface area (TPSA) is 4.41 Å². The van der Waals surface area contributed by atoms with Gasteiger partial charge in [0.05, 0.1) is 16.6 Å². The molecule has 0 saturated heterocycles. The fourth-order valence-corrected chi connectivity index (χ4v) is 15.0.